The minimum atomic E-state index is -0.656. The number of ketones is 1. The van der Waals surface area contributed by atoms with Crippen LogP contribution in [0.5, 0.6) is 5.75 Å². The normalized spacial score (nSPS) is 19.4. The molecule has 0 unspecified atom stereocenters. The van der Waals surface area contributed by atoms with E-state index in [1.165, 1.54) is 0 Å². The molecule has 0 saturated carbocycles. The smallest absolute Gasteiger partial charge is 0.295 e. The van der Waals surface area contributed by atoms with E-state index in [-0.39, 0.29) is 11.3 Å². The standard InChI is InChI=1S/C32H34N2O5/c1-23-21-26(39-22-24-9-4-2-5-10-24)13-14-27(23)30(35)28-29(25-11-6-3-7-12-25)34(32(37)31(28)36)16-8-15-33-17-19-38-20-18-33/h2-7,9-14,21,29,35H,8,15-20,22H2,1H3/b30-28+/t29-/m1/s1. The van der Waals surface area contributed by atoms with Crippen LogP contribution in [-0.2, 0) is 20.9 Å². The first kappa shape index (κ1) is 26.7. The summed E-state index contributed by atoms with van der Waals surface area (Å²) in [4.78, 5) is 30.5. The van der Waals surface area contributed by atoms with Crippen molar-refractivity contribution in [1.29, 1.82) is 0 Å². The molecule has 7 heteroatoms. The van der Waals surface area contributed by atoms with Crippen LogP contribution in [0.25, 0.3) is 5.76 Å². The third kappa shape index (κ3) is 6.05. The molecular weight excluding hydrogens is 492 g/mol. The number of nitrogens with zero attached hydrogens (tertiary/aromatic N) is 2. The van der Waals surface area contributed by atoms with Crippen LogP contribution in [0.1, 0.15) is 34.7 Å². The topological polar surface area (TPSA) is 79.3 Å². The van der Waals surface area contributed by atoms with E-state index in [0.717, 1.165) is 42.7 Å². The zero-order valence-electron chi connectivity index (χ0n) is 22.2. The van der Waals surface area contributed by atoms with Gasteiger partial charge in [0.05, 0.1) is 24.8 Å². The molecule has 2 fully saturated rings. The third-order valence-corrected chi connectivity index (χ3v) is 7.33. The zero-order valence-corrected chi connectivity index (χ0v) is 22.2. The predicted octanol–water partition coefficient (Wildman–Crippen LogP) is 4.72. The molecule has 0 radical (unpaired) electrons. The quantitative estimate of drug-likeness (QED) is 0.247. The largest absolute Gasteiger partial charge is 0.507 e. The molecule has 7 nitrogen and oxygen atoms in total. The Bertz CT molecular complexity index is 1330. The maximum Gasteiger partial charge on any atom is 0.295 e. The predicted molar refractivity (Wildman–Crippen MR) is 149 cm³/mol. The number of morpholine rings is 1. The highest BCUT2D eigenvalue weighted by molar-refractivity contribution is 6.46. The molecular formula is C32H34N2O5. The van der Waals surface area contributed by atoms with Crippen LogP contribution in [0.2, 0.25) is 0 Å². The Morgan fingerprint density at radius 3 is 2.33 bits per heavy atom. The lowest BCUT2D eigenvalue weighted by Crippen LogP contribution is -2.38. The minimum absolute atomic E-state index is 0.124. The van der Waals surface area contributed by atoms with Crippen LogP contribution in [0, 0.1) is 6.92 Å². The van der Waals surface area contributed by atoms with Crippen LogP contribution in [-0.4, -0.2) is 66.0 Å². The monoisotopic (exact) mass is 526 g/mol. The molecule has 5 rings (SSSR count). The van der Waals surface area contributed by atoms with Gasteiger partial charge in [0, 0.05) is 31.7 Å². The van der Waals surface area contributed by atoms with Crippen molar-refractivity contribution in [2.45, 2.75) is 26.0 Å². The van der Waals surface area contributed by atoms with Gasteiger partial charge in [0.25, 0.3) is 11.7 Å². The molecule has 2 heterocycles. The van der Waals surface area contributed by atoms with Crippen molar-refractivity contribution in [3.63, 3.8) is 0 Å². The van der Waals surface area contributed by atoms with Crippen molar-refractivity contribution in [2.75, 3.05) is 39.4 Å². The number of benzene rings is 3. The SMILES string of the molecule is Cc1cc(OCc2ccccc2)ccc1/C(O)=C1\C(=O)C(=O)N(CCCN2CCOCC2)[C@@H]1c1ccccc1. The molecule has 1 amide bonds. The highest BCUT2D eigenvalue weighted by Gasteiger charge is 2.45. The first-order chi connectivity index (χ1) is 19.0. The number of aliphatic hydroxyl groups excluding tert-OH is 1. The number of amides is 1. The van der Waals surface area contributed by atoms with Gasteiger partial charge < -0.3 is 19.5 Å². The van der Waals surface area contributed by atoms with E-state index in [1.807, 2.05) is 73.7 Å². The number of Topliss-reactive ketones (excluding diaryl/α,β-unsaturated/α-hetero) is 1. The van der Waals surface area contributed by atoms with E-state index >= 15 is 0 Å². The minimum Gasteiger partial charge on any atom is -0.507 e. The second-order valence-electron chi connectivity index (χ2n) is 9.96. The van der Waals surface area contributed by atoms with E-state index in [1.54, 1.807) is 17.0 Å². The molecule has 2 saturated heterocycles. The van der Waals surface area contributed by atoms with Crippen molar-refractivity contribution >= 4 is 17.4 Å². The third-order valence-electron chi connectivity index (χ3n) is 7.33. The number of hydrogen-bond acceptors (Lipinski definition) is 6. The van der Waals surface area contributed by atoms with Gasteiger partial charge in [-0.25, -0.2) is 0 Å². The lowest BCUT2D eigenvalue weighted by atomic mass is 9.94. The molecule has 1 atom stereocenters. The van der Waals surface area contributed by atoms with E-state index in [4.69, 9.17) is 9.47 Å². The van der Waals surface area contributed by atoms with Gasteiger partial charge in [-0.1, -0.05) is 60.7 Å². The van der Waals surface area contributed by atoms with Crippen LogP contribution >= 0.6 is 0 Å². The summed E-state index contributed by atoms with van der Waals surface area (Å²) in [5, 5.41) is 11.5. The zero-order chi connectivity index (χ0) is 27.2. The summed E-state index contributed by atoms with van der Waals surface area (Å²) >= 11 is 0. The average Bonchev–Trinajstić information content (AvgIpc) is 3.22. The molecule has 0 aromatic heterocycles. The number of hydrogen-bond donors (Lipinski definition) is 1. The number of carbonyl (C=O) groups is 2. The number of likely N-dealkylation sites (tertiary alicyclic amines) is 1. The Hall–Kier alpha value is -3.94. The summed E-state index contributed by atoms with van der Waals surface area (Å²) < 4.78 is 11.4. The second-order valence-corrected chi connectivity index (χ2v) is 9.96. The molecule has 3 aromatic carbocycles. The van der Waals surface area contributed by atoms with Crippen LogP contribution < -0.4 is 4.74 Å². The lowest BCUT2D eigenvalue weighted by Gasteiger charge is -2.29. The average molecular weight is 527 g/mol. The first-order valence-corrected chi connectivity index (χ1v) is 13.4. The molecule has 0 aliphatic carbocycles. The van der Waals surface area contributed by atoms with Crippen molar-refractivity contribution in [3.05, 3.63) is 107 Å². The second kappa shape index (κ2) is 12.3. The number of aryl methyl sites for hydroxylation is 1. The van der Waals surface area contributed by atoms with Gasteiger partial charge in [-0.3, -0.25) is 14.5 Å². The first-order valence-electron chi connectivity index (χ1n) is 13.4. The molecule has 2 aliphatic heterocycles. The molecule has 202 valence electrons. The Labute approximate surface area is 229 Å². The van der Waals surface area contributed by atoms with Gasteiger partial charge in [-0.05, 0) is 48.2 Å². The molecule has 0 bridgehead atoms. The maximum atomic E-state index is 13.4. The van der Waals surface area contributed by atoms with Crippen LogP contribution in [0.3, 0.4) is 0 Å². The van der Waals surface area contributed by atoms with Crippen LogP contribution in [0.4, 0.5) is 0 Å². The van der Waals surface area contributed by atoms with Gasteiger partial charge in [-0.15, -0.1) is 0 Å². The fourth-order valence-corrected chi connectivity index (χ4v) is 5.26. The summed E-state index contributed by atoms with van der Waals surface area (Å²) in [5.41, 5.74) is 3.24. The van der Waals surface area contributed by atoms with E-state index in [2.05, 4.69) is 4.90 Å². The Balaban J connectivity index is 1.40. The number of ether oxygens (including phenoxy) is 2. The van der Waals surface area contributed by atoms with Crippen molar-refractivity contribution in [2.24, 2.45) is 0 Å². The summed E-state index contributed by atoms with van der Waals surface area (Å²) in [6, 6.07) is 24.1. The van der Waals surface area contributed by atoms with Gasteiger partial charge in [0.1, 0.15) is 18.1 Å². The Morgan fingerprint density at radius 2 is 1.64 bits per heavy atom. The summed E-state index contributed by atoms with van der Waals surface area (Å²) in [5.74, 6) is -0.731. The van der Waals surface area contributed by atoms with Gasteiger partial charge in [0.15, 0.2) is 0 Å². The maximum absolute atomic E-state index is 13.4. The fraction of sp³-hybridized carbons (Fsp3) is 0.312. The molecule has 39 heavy (non-hydrogen) atoms. The molecule has 0 spiro atoms. The van der Waals surface area contributed by atoms with Crippen molar-refractivity contribution in [3.8, 4) is 5.75 Å². The fourth-order valence-electron chi connectivity index (χ4n) is 5.26. The van der Waals surface area contributed by atoms with Crippen LogP contribution in [0.15, 0.2) is 84.4 Å². The molecule has 2 aliphatic rings. The highest BCUT2D eigenvalue weighted by Crippen LogP contribution is 2.40. The van der Waals surface area contributed by atoms with Gasteiger partial charge in [-0.2, -0.15) is 0 Å². The Kier molecular flexibility index (Phi) is 8.39. The molecule has 3 aromatic rings. The number of rotatable bonds is 9. The number of carbonyl (C=O) groups excluding carboxylic acids is 2. The van der Waals surface area contributed by atoms with Gasteiger partial charge >= 0.3 is 0 Å². The summed E-state index contributed by atoms with van der Waals surface area (Å²) in [6.45, 7) is 6.68. The Morgan fingerprint density at radius 1 is 0.949 bits per heavy atom. The van der Waals surface area contributed by atoms with E-state index in [0.29, 0.717) is 37.7 Å². The number of aliphatic hydroxyl groups is 1. The van der Waals surface area contributed by atoms with E-state index < -0.39 is 17.7 Å². The summed E-state index contributed by atoms with van der Waals surface area (Å²) in [7, 11) is 0. The summed E-state index contributed by atoms with van der Waals surface area (Å²) in [6.07, 6.45) is 0.725. The molecule has 1 N–H and O–H groups in total. The van der Waals surface area contributed by atoms with E-state index in [9.17, 15) is 14.7 Å². The highest BCUT2D eigenvalue weighted by atomic mass is 16.5. The lowest BCUT2D eigenvalue weighted by molar-refractivity contribution is -0.140. The van der Waals surface area contributed by atoms with Crippen molar-refractivity contribution < 1.29 is 24.2 Å². The van der Waals surface area contributed by atoms with Crippen molar-refractivity contribution in [1.82, 2.24) is 9.80 Å². The van der Waals surface area contributed by atoms with Gasteiger partial charge in [0.2, 0.25) is 0 Å².